The molecule has 0 saturated carbocycles. The van der Waals surface area contributed by atoms with Gasteiger partial charge in [0.1, 0.15) is 0 Å². The van der Waals surface area contributed by atoms with Crippen molar-refractivity contribution < 1.29 is 0 Å². The summed E-state index contributed by atoms with van der Waals surface area (Å²) in [5, 5.41) is 2.27. The predicted molar refractivity (Wildman–Crippen MR) is 68.5 cm³/mol. The number of thiophene rings is 1. The monoisotopic (exact) mass is 392 g/mol. The summed E-state index contributed by atoms with van der Waals surface area (Å²) in [7, 11) is 0. The van der Waals surface area contributed by atoms with E-state index in [-0.39, 0.29) is 0 Å². The third-order valence-corrected chi connectivity index (χ3v) is 6.08. The second-order valence-electron chi connectivity index (χ2n) is 3.49. The summed E-state index contributed by atoms with van der Waals surface area (Å²) < 4.78 is 2.84. The molecule has 0 fully saturated rings. The van der Waals surface area contributed by atoms with Crippen LogP contribution in [0.4, 0.5) is 0 Å². The van der Waals surface area contributed by atoms with Gasteiger partial charge in [-0.15, -0.1) is 11.3 Å². The molecule has 0 aliphatic heterocycles. The van der Waals surface area contributed by atoms with Crippen molar-refractivity contribution in [2.75, 3.05) is 0 Å². The molecule has 62 valence electrons. The molecule has 0 unspecified atom stereocenters. The lowest BCUT2D eigenvalue weighted by molar-refractivity contribution is 0.589. The minimum atomic E-state index is 0.302. The summed E-state index contributed by atoms with van der Waals surface area (Å²) in [5.74, 6) is 0. The minimum absolute atomic E-state index is 0.302. The minimum Gasteiger partial charge on any atom is -0.136 e. The number of hydrogen-bond acceptors (Lipinski definition) is 1. The Morgan fingerprint density at radius 1 is 1.27 bits per heavy atom. The van der Waals surface area contributed by atoms with E-state index < -0.39 is 0 Å². The highest BCUT2D eigenvalue weighted by Gasteiger charge is 2.19. The van der Waals surface area contributed by atoms with Crippen LogP contribution in [0.5, 0.6) is 0 Å². The van der Waals surface area contributed by atoms with Gasteiger partial charge in [0, 0.05) is 3.57 Å². The molecule has 0 amide bonds. The smallest absolute Gasteiger partial charge is 0.0789 e. The average molecular weight is 392 g/mol. The van der Waals surface area contributed by atoms with Gasteiger partial charge in [-0.2, -0.15) is 0 Å². The molecule has 0 spiro atoms. The Hall–Kier alpha value is 1.16. The third kappa shape index (κ3) is 2.30. The maximum Gasteiger partial charge on any atom is 0.0789 e. The molecule has 1 heterocycles. The molecular weight excluding hydrogens is 382 g/mol. The lowest BCUT2D eigenvalue weighted by Crippen LogP contribution is -2.11. The van der Waals surface area contributed by atoms with Crippen molar-refractivity contribution in [3.63, 3.8) is 0 Å². The van der Waals surface area contributed by atoms with Crippen LogP contribution < -0.4 is 0 Å². The van der Waals surface area contributed by atoms with Crippen LogP contribution in [0, 0.1) is 6.45 Å². The van der Waals surface area contributed by atoms with Crippen molar-refractivity contribution in [2.24, 2.45) is 0 Å². The Bertz CT molecular complexity index is 258. The van der Waals surface area contributed by atoms with E-state index in [9.17, 15) is 0 Å². The molecule has 0 saturated heterocycles. The fourth-order valence-corrected chi connectivity index (χ4v) is 3.96. The molecule has 0 aliphatic carbocycles. The van der Waals surface area contributed by atoms with Gasteiger partial charge in [0.2, 0.25) is 0 Å². The molecule has 0 bridgehead atoms. The number of rotatable bonds is 0. The molecule has 0 N–H and O–H groups in total. The van der Waals surface area contributed by atoms with E-state index in [1.807, 2.05) is 11.3 Å². The summed E-state index contributed by atoms with van der Waals surface area (Å²) in [5.41, 5.74) is 1.78. The van der Waals surface area contributed by atoms with E-state index in [1.165, 1.54) is 12.0 Å². The Labute approximate surface area is 99.1 Å². The van der Waals surface area contributed by atoms with Crippen molar-refractivity contribution in [3.8, 4) is 0 Å². The van der Waals surface area contributed by atoms with Crippen LogP contribution in [0.15, 0.2) is 5.38 Å². The second kappa shape index (κ2) is 3.49. The van der Waals surface area contributed by atoms with Crippen molar-refractivity contribution in [1.82, 2.24) is 0 Å². The van der Waals surface area contributed by atoms with Crippen LogP contribution in [-0.2, 0) is 5.41 Å². The van der Waals surface area contributed by atoms with Gasteiger partial charge in [-0.3, -0.25) is 0 Å². The quantitative estimate of drug-likeness (QED) is 0.580. The standard InChI is InChI=1S/C8H10I2S/c1-8(2,3)5-4-11-7(10)6(5)9/h4H,1-3H3. The van der Waals surface area contributed by atoms with Crippen LogP contribution in [0.3, 0.4) is 0 Å². The highest BCUT2D eigenvalue weighted by Crippen LogP contribution is 2.34. The van der Waals surface area contributed by atoms with E-state index >= 15 is 0 Å². The van der Waals surface area contributed by atoms with Gasteiger partial charge in [-0.1, -0.05) is 20.8 Å². The van der Waals surface area contributed by atoms with E-state index in [0.717, 1.165) is 0 Å². The molecule has 1 aromatic rings. The normalized spacial score (nSPS) is 12.1. The molecule has 1 rings (SSSR count). The van der Waals surface area contributed by atoms with Crippen LogP contribution >= 0.6 is 56.5 Å². The van der Waals surface area contributed by atoms with Gasteiger partial charge >= 0.3 is 0 Å². The van der Waals surface area contributed by atoms with Crippen LogP contribution in [-0.4, -0.2) is 0 Å². The number of hydrogen-bond donors (Lipinski definition) is 0. The van der Waals surface area contributed by atoms with Gasteiger partial charge in [0.15, 0.2) is 0 Å². The Morgan fingerprint density at radius 3 is 2.00 bits per heavy atom. The van der Waals surface area contributed by atoms with E-state index in [0.29, 0.717) is 5.41 Å². The van der Waals surface area contributed by atoms with Crippen molar-refractivity contribution in [2.45, 2.75) is 26.2 Å². The highest BCUT2D eigenvalue weighted by atomic mass is 127. The van der Waals surface area contributed by atoms with Gasteiger partial charge in [0.25, 0.3) is 0 Å². The van der Waals surface area contributed by atoms with Gasteiger partial charge in [0.05, 0.1) is 2.88 Å². The maximum absolute atomic E-state index is 2.43. The van der Waals surface area contributed by atoms with Gasteiger partial charge < -0.3 is 0 Å². The van der Waals surface area contributed by atoms with E-state index in [2.05, 4.69) is 71.3 Å². The first-order valence-electron chi connectivity index (χ1n) is 3.36. The molecule has 0 radical (unpaired) electrons. The molecule has 0 nitrogen and oxygen atoms in total. The fraction of sp³-hybridized carbons (Fsp3) is 0.500. The molecule has 1 aromatic heterocycles. The molecule has 3 heteroatoms. The highest BCUT2D eigenvalue weighted by molar-refractivity contribution is 14.1. The summed E-state index contributed by atoms with van der Waals surface area (Å²) in [4.78, 5) is 0. The first kappa shape index (κ1) is 10.2. The lowest BCUT2D eigenvalue weighted by atomic mass is 9.90. The molecule has 0 aliphatic rings. The summed E-state index contributed by atoms with van der Waals surface area (Å²) >= 11 is 6.66. The Kier molecular flexibility index (Phi) is 3.25. The van der Waals surface area contributed by atoms with Crippen molar-refractivity contribution in [3.05, 3.63) is 17.4 Å². The van der Waals surface area contributed by atoms with E-state index in [4.69, 9.17) is 0 Å². The van der Waals surface area contributed by atoms with Crippen LogP contribution in [0.2, 0.25) is 0 Å². The zero-order valence-corrected chi connectivity index (χ0v) is 11.9. The van der Waals surface area contributed by atoms with Crippen LogP contribution in [0.1, 0.15) is 26.3 Å². The largest absolute Gasteiger partial charge is 0.136 e. The Balaban J connectivity index is 3.15. The summed E-state index contributed by atoms with van der Waals surface area (Å²) in [6.45, 7) is 6.77. The second-order valence-corrected chi connectivity index (χ2v) is 7.26. The predicted octanol–water partition coefficient (Wildman–Crippen LogP) is 4.25. The molecular formula is C8H10I2S. The molecule has 0 aromatic carbocycles. The Morgan fingerprint density at radius 2 is 1.82 bits per heavy atom. The van der Waals surface area contributed by atoms with Crippen LogP contribution in [0.25, 0.3) is 0 Å². The third-order valence-electron chi connectivity index (χ3n) is 1.50. The van der Waals surface area contributed by atoms with Crippen molar-refractivity contribution >= 4 is 56.5 Å². The molecule has 0 atom stereocenters. The number of halogens is 2. The summed E-state index contributed by atoms with van der Waals surface area (Å²) in [6.07, 6.45) is 0. The van der Waals surface area contributed by atoms with Crippen molar-refractivity contribution in [1.29, 1.82) is 0 Å². The zero-order valence-electron chi connectivity index (χ0n) is 6.74. The van der Waals surface area contributed by atoms with Gasteiger partial charge in [-0.25, -0.2) is 0 Å². The first-order valence-corrected chi connectivity index (χ1v) is 6.39. The first-order chi connectivity index (χ1) is 4.93. The van der Waals surface area contributed by atoms with Gasteiger partial charge in [-0.05, 0) is 61.5 Å². The maximum atomic E-state index is 2.43. The summed E-state index contributed by atoms with van der Waals surface area (Å²) in [6, 6.07) is 0. The lowest BCUT2D eigenvalue weighted by Gasteiger charge is -2.17. The average Bonchev–Trinajstić information content (AvgIpc) is 2.11. The topological polar surface area (TPSA) is 0 Å². The SMILES string of the molecule is CC(C)(C)c1csc(I)c1I. The fourth-order valence-electron chi connectivity index (χ4n) is 0.826. The molecule has 11 heavy (non-hydrogen) atoms. The van der Waals surface area contributed by atoms with E-state index in [1.54, 1.807) is 0 Å². The zero-order chi connectivity index (χ0) is 8.65.